The number of methoxy groups -OCH3 is 1. The average molecular weight is 407 g/mol. The molecule has 29 heavy (non-hydrogen) atoms. The first-order chi connectivity index (χ1) is 13.9. The Balaban J connectivity index is 1.47. The van der Waals surface area contributed by atoms with E-state index in [9.17, 15) is 18.0 Å². The molecule has 1 amide bonds. The normalized spacial score (nSPS) is 15.2. The number of nitrogens with one attached hydrogen (secondary N) is 1. The van der Waals surface area contributed by atoms with Gasteiger partial charge in [0.2, 0.25) is 5.91 Å². The maximum atomic E-state index is 12.9. The van der Waals surface area contributed by atoms with Crippen molar-refractivity contribution in [1.82, 2.24) is 4.90 Å². The molecule has 0 atom stereocenters. The van der Waals surface area contributed by atoms with Crippen molar-refractivity contribution in [3.63, 3.8) is 0 Å². The summed E-state index contributed by atoms with van der Waals surface area (Å²) in [5.41, 5.74) is 0.577. The van der Waals surface area contributed by atoms with Gasteiger partial charge in [0.25, 0.3) is 0 Å². The minimum atomic E-state index is -4.34. The smallest absolute Gasteiger partial charge is 0.416 e. The summed E-state index contributed by atoms with van der Waals surface area (Å²) in [5, 5.41) is 2.85. The van der Waals surface area contributed by atoms with E-state index in [0.29, 0.717) is 56.3 Å². The van der Waals surface area contributed by atoms with Gasteiger partial charge in [0.15, 0.2) is 0 Å². The van der Waals surface area contributed by atoms with E-state index in [0.717, 1.165) is 6.07 Å². The van der Waals surface area contributed by atoms with Crippen LogP contribution in [0.5, 0.6) is 5.75 Å². The molecule has 0 aliphatic carbocycles. The molecule has 5 nitrogen and oxygen atoms in total. The molecule has 0 spiro atoms. The van der Waals surface area contributed by atoms with Crippen molar-refractivity contribution in [3.8, 4) is 5.75 Å². The Morgan fingerprint density at radius 2 is 1.79 bits per heavy atom. The van der Waals surface area contributed by atoms with Gasteiger partial charge in [0.1, 0.15) is 5.75 Å². The molecule has 0 bridgehead atoms. The van der Waals surface area contributed by atoms with Crippen molar-refractivity contribution in [3.05, 3.63) is 54.1 Å². The lowest BCUT2D eigenvalue weighted by atomic mass is 10.1. The van der Waals surface area contributed by atoms with Crippen molar-refractivity contribution in [2.45, 2.75) is 12.6 Å². The van der Waals surface area contributed by atoms with Gasteiger partial charge >= 0.3 is 6.18 Å². The summed E-state index contributed by atoms with van der Waals surface area (Å²) in [7, 11) is 1.55. The number of ether oxygens (including phenoxy) is 1. The predicted octanol–water partition coefficient (Wildman–Crippen LogP) is 3.86. The number of halogens is 3. The van der Waals surface area contributed by atoms with Crippen LogP contribution in [0.1, 0.15) is 12.0 Å². The highest BCUT2D eigenvalue weighted by atomic mass is 19.4. The van der Waals surface area contributed by atoms with Crippen molar-refractivity contribution >= 4 is 17.3 Å². The highest BCUT2D eigenvalue weighted by molar-refractivity contribution is 5.92. The van der Waals surface area contributed by atoms with Crippen LogP contribution >= 0.6 is 0 Å². The van der Waals surface area contributed by atoms with E-state index in [-0.39, 0.29) is 5.91 Å². The van der Waals surface area contributed by atoms with Gasteiger partial charge < -0.3 is 15.0 Å². The van der Waals surface area contributed by atoms with Gasteiger partial charge in [-0.25, -0.2) is 0 Å². The van der Waals surface area contributed by atoms with Crippen LogP contribution in [-0.2, 0) is 11.0 Å². The lowest BCUT2D eigenvalue weighted by Crippen LogP contribution is -2.47. The predicted molar refractivity (Wildman–Crippen MR) is 106 cm³/mol. The van der Waals surface area contributed by atoms with Crippen LogP contribution in [0.25, 0.3) is 0 Å². The number of rotatable bonds is 6. The summed E-state index contributed by atoms with van der Waals surface area (Å²) >= 11 is 0. The lowest BCUT2D eigenvalue weighted by molar-refractivity contribution is -0.137. The standard InChI is InChI=1S/C21H24F3N3O2/c1-29-19-8-3-2-7-18(19)25-20(28)9-10-26-11-13-27(14-12-26)17-6-4-5-16(15-17)21(22,23)24/h2-8,15H,9-14H2,1H3,(H,25,28). The molecule has 3 rings (SSSR count). The van der Waals surface area contributed by atoms with Gasteiger partial charge in [0, 0.05) is 44.8 Å². The third-order valence-electron chi connectivity index (χ3n) is 4.95. The van der Waals surface area contributed by atoms with Crippen LogP contribution in [0, 0.1) is 0 Å². The Morgan fingerprint density at radius 3 is 2.48 bits per heavy atom. The van der Waals surface area contributed by atoms with Crippen molar-refractivity contribution < 1.29 is 22.7 Å². The number of benzene rings is 2. The number of alkyl halides is 3. The number of carbonyl (C=O) groups excluding carboxylic acids is 1. The SMILES string of the molecule is COc1ccccc1NC(=O)CCN1CCN(c2cccc(C(F)(F)F)c2)CC1. The topological polar surface area (TPSA) is 44.8 Å². The molecule has 0 unspecified atom stereocenters. The van der Waals surface area contributed by atoms with E-state index < -0.39 is 11.7 Å². The summed E-state index contributed by atoms with van der Waals surface area (Å²) in [6.07, 6.45) is -4.01. The largest absolute Gasteiger partial charge is 0.495 e. The maximum Gasteiger partial charge on any atom is 0.416 e. The van der Waals surface area contributed by atoms with E-state index in [1.165, 1.54) is 12.1 Å². The lowest BCUT2D eigenvalue weighted by Gasteiger charge is -2.36. The number of nitrogens with zero attached hydrogens (tertiary/aromatic N) is 2. The number of piperazine rings is 1. The molecule has 2 aromatic carbocycles. The highest BCUT2D eigenvalue weighted by Gasteiger charge is 2.31. The van der Waals surface area contributed by atoms with Crippen LogP contribution in [0.4, 0.5) is 24.5 Å². The molecule has 0 aromatic heterocycles. The first-order valence-electron chi connectivity index (χ1n) is 9.44. The molecule has 1 aliphatic rings. The van der Waals surface area contributed by atoms with Gasteiger partial charge in [-0.05, 0) is 30.3 Å². The molecule has 8 heteroatoms. The maximum absolute atomic E-state index is 12.9. The first-order valence-corrected chi connectivity index (χ1v) is 9.44. The number of hydrogen-bond donors (Lipinski definition) is 1. The Kier molecular flexibility index (Phi) is 6.64. The van der Waals surface area contributed by atoms with E-state index >= 15 is 0 Å². The second kappa shape index (κ2) is 9.17. The molecule has 156 valence electrons. The monoisotopic (exact) mass is 407 g/mol. The Hall–Kier alpha value is -2.74. The van der Waals surface area contributed by atoms with E-state index in [4.69, 9.17) is 4.74 Å². The molecule has 1 fully saturated rings. The number of para-hydroxylation sites is 2. The molecule has 1 aliphatic heterocycles. The molecule has 0 radical (unpaired) electrons. The summed E-state index contributed by atoms with van der Waals surface area (Å²) in [4.78, 5) is 16.3. The summed E-state index contributed by atoms with van der Waals surface area (Å²) in [6.45, 7) is 3.22. The van der Waals surface area contributed by atoms with E-state index in [1.807, 2.05) is 17.0 Å². The van der Waals surface area contributed by atoms with Crippen LogP contribution in [0.3, 0.4) is 0 Å². The fraction of sp³-hybridized carbons (Fsp3) is 0.381. The summed E-state index contributed by atoms with van der Waals surface area (Å²) in [5.74, 6) is 0.505. The fourth-order valence-electron chi connectivity index (χ4n) is 3.33. The van der Waals surface area contributed by atoms with Gasteiger partial charge in [-0.2, -0.15) is 13.2 Å². The molecule has 2 aromatic rings. The van der Waals surface area contributed by atoms with E-state index in [2.05, 4.69) is 10.2 Å². The molecule has 1 heterocycles. The second-order valence-corrected chi connectivity index (χ2v) is 6.88. The first kappa shape index (κ1) is 21.0. The van der Waals surface area contributed by atoms with Crippen LogP contribution in [0.2, 0.25) is 0 Å². The molecule has 1 N–H and O–H groups in total. The number of anilines is 2. The summed E-state index contributed by atoms with van der Waals surface area (Å²) in [6, 6.07) is 12.6. The van der Waals surface area contributed by atoms with Gasteiger partial charge in [-0.3, -0.25) is 9.69 Å². The third kappa shape index (κ3) is 5.63. The average Bonchev–Trinajstić information content (AvgIpc) is 2.72. The summed E-state index contributed by atoms with van der Waals surface area (Å²) < 4.78 is 43.9. The number of carbonyl (C=O) groups is 1. The zero-order valence-corrected chi connectivity index (χ0v) is 16.2. The highest BCUT2D eigenvalue weighted by Crippen LogP contribution is 2.32. The molecular formula is C21H24F3N3O2. The zero-order valence-electron chi connectivity index (χ0n) is 16.2. The zero-order chi connectivity index (χ0) is 20.9. The van der Waals surface area contributed by atoms with Gasteiger partial charge in [-0.1, -0.05) is 18.2 Å². The second-order valence-electron chi connectivity index (χ2n) is 6.88. The van der Waals surface area contributed by atoms with Gasteiger partial charge in [-0.15, -0.1) is 0 Å². The van der Waals surface area contributed by atoms with E-state index in [1.54, 1.807) is 25.3 Å². The number of hydrogen-bond acceptors (Lipinski definition) is 4. The van der Waals surface area contributed by atoms with Gasteiger partial charge in [0.05, 0.1) is 18.4 Å². The van der Waals surface area contributed by atoms with Crippen molar-refractivity contribution in [1.29, 1.82) is 0 Å². The van der Waals surface area contributed by atoms with Crippen molar-refractivity contribution in [2.75, 3.05) is 50.1 Å². The van der Waals surface area contributed by atoms with Crippen LogP contribution < -0.4 is 15.0 Å². The molecule has 0 saturated carbocycles. The molecular weight excluding hydrogens is 383 g/mol. The molecule has 1 saturated heterocycles. The minimum Gasteiger partial charge on any atom is -0.495 e. The Morgan fingerprint density at radius 1 is 1.07 bits per heavy atom. The van der Waals surface area contributed by atoms with Crippen LogP contribution in [-0.4, -0.2) is 50.6 Å². The van der Waals surface area contributed by atoms with Crippen LogP contribution in [0.15, 0.2) is 48.5 Å². The third-order valence-corrected chi connectivity index (χ3v) is 4.95. The Bertz CT molecular complexity index is 834. The quantitative estimate of drug-likeness (QED) is 0.790. The van der Waals surface area contributed by atoms with Crippen molar-refractivity contribution in [2.24, 2.45) is 0 Å². The number of amides is 1. The minimum absolute atomic E-state index is 0.102. The Labute approximate surface area is 168 Å². The fourth-order valence-corrected chi connectivity index (χ4v) is 3.33.